The van der Waals surface area contributed by atoms with Crippen molar-refractivity contribution in [2.75, 3.05) is 26.3 Å². The molecule has 0 unspecified atom stereocenters. The van der Waals surface area contributed by atoms with Gasteiger partial charge in [0.25, 0.3) is 11.5 Å². The van der Waals surface area contributed by atoms with Gasteiger partial charge in [0.15, 0.2) is 4.77 Å². The molecule has 22 heavy (non-hydrogen) atoms. The predicted molar refractivity (Wildman–Crippen MR) is 85.8 cm³/mol. The Hall–Kier alpha value is -1.99. The normalized spacial score (nSPS) is 15.2. The molecule has 1 fully saturated rings. The van der Waals surface area contributed by atoms with Crippen molar-refractivity contribution in [3.63, 3.8) is 0 Å². The van der Waals surface area contributed by atoms with E-state index in [-0.39, 0.29) is 11.5 Å². The number of ether oxygens (including phenoxy) is 1. The van der Waals surface area contributed by atoms with Crippen molar-refractivity contribution in [3.05, 3.63) is 38.9 Å². The number of aromatic nitrogens is 2. The van der Waals surface area contributed by atoms with Crippen LogP contribution in [-0.2, 0) is 11.3 Å². The lowest BCUT2D eigenvalue weighted by atomic mass is 10.1. The Labute approximate surface area is 132 Å². The summed E-state index contributed by atoms with van der Waals surface area (Å²) in [4.78, 5) is 29.6. The van der Waals surface area contributed by atoms with Crippen molar-refractivity contribution >= 4 is 29.0 Å². The third kappa shape index (κ3) is 2.57. The molecule has 0 spiro atoms. The van der Waals surface area contributed by atoms with Crippen LogP contribution in [-0.4, -0.2) is 46.7 Å². The lowest BCUT2D eigenvalue weighted by Gasteiger charge is -2.26. The van der Waals surface area contributed by atoms with Crippen molar-refractivity contribution in [3.8, 4) is 0 Å². The number of hydrogen-bond donors (Lipinski definition) is 1. The maximum atomic E-state index is 12.5. The quantitative estimate of drug-likeness (QED) is 0.853. The first kappa shape index (κ1) is 14.9. The highest BCUT2D eigenvalue weighted by Crippen LogP contribution is 2.13. The van der Waals surface area contributed by atoms with Crippen LogP contribution in [0.2, 0.25) is 0 Å². The third-order valence-corrected chi connectivity index (χ3v) is 4.17. The average Bonchev–Trinajstić information content (AvgIpc) is 2.55. The van der Waals surface area contributed by atoms with E-state index in [0.29, 0.717) is 54.1 Å². The number of carbonyl (C=O) groups is 1. The second kappa shape index (κ2) is 6.02. The molecule has 1 N–H and O–H groups in total. The Morgan fingerprint density at radius 1 is 1.36 bits per heavy atom. The number of fused-ring (bicyclic) bond motifs is 1. The summed E-state index contributed by atoms with van der Waals surface area (Å²) in [5.41, 5.74) is 1.01. The average molecular weight is 319 g/mol. The van der Waals surface area contributed by atoms with Gasteiger partial charge in [-0.1, -0.05) is 0 Å². The van der Waals surface area contributed by atoms with Crippen LogP contribution in [0.15, 0.2) is 23.0 Å². The number of morpholine rings is 1. The van der Waals surface area contributed by atoms with Crippen molar-refractivity contribution in [2.45, 2.75) is 13.5 Å². The molecule has 1 aromatic carbocycles. The first-order chi connectivity index (χ1) is 10.6. The fourth-order valence-electron chi connectivity index (χ4n) is 2.62. The lowest BCUT2D eigenvalue weighted by molar-refractivity contribution is 0.0303. The number of aromatic amines is 1. The van der Waals surface area contributed by atoms with Gasteiger partial charge in [0.1, 0.15) is 0 Å². The lowest BCUT2D eigenvalue weighted by Crippen LogP contribution is -2.40. The molecule has 7 heteroatoms. The van der Waals surface area contributed by atoms with Crippen LogP contribution in [0.3, 0.4) is 0 Å². The van der Waals surface area contributed by atoms with Gasteiger partial charge in [-0.05, 0) is 37.3 Å². The molecule has 0 saturated carbocycles. The number of benzene rings is 1. The van der Waals surface area contributed by atoms with Crippen molar-refractivity contribution in [1.29, 1.82) is 0 Å². The van der Waals surface area contributed by atoms with Gasteiger partial charge in [-0.2, -0.15) is 0 Å². The molecule has 2 heterocycles. The summed E-state index contributed by atoms with van der Waals surface area (Å²) < 4.78 is 7.13. The highest BCUT2D eigenvalue weighted by molar-refractivity contribution is 7.71. The van der Waals surface area contributed by atoms with Gasteiger partial charge in [-0.15, -0.1) is 0 Å². The first-order valence-electron chi connectivity index (χ1n) is 7.25. The van der Waals surface area contributed by atoms with Gasteiger partial charge in [0, 0.05) is 25.2 Å². The van der Waals surface area contributed by atoms with E-state index in [1.807, 2.05) is 6.92 Å². The Morgan fingerprint density at radius 2 is 2.09 bits per heavy atom. The van der Waals surface area contributed by atoms with E-state index >= 15 is 0 Å². The molecule has 0 bridgehead atoms. The number of nitrogens with one attached hydrogen (secondary N) is 1. The van der Waals surface area contributed by atoms with Crippen LogP contribution in [0.5, 0.6) is 0 Å². The summed E-state index contributed by atoms with van der Waals surface area (Å²) >= 11 is 5.20. The van der Waals surface area contributed by atoms with Crippen LogP contribution in [0.4, 0.5) is 0 Å². The minimum absolute atomic E-state index is 0.0517. The molecule has 0 aliphatic carbocycles. The molecule has 1 saturated heterocycles. The maximum Gasteiger partial charge on any atom is 0.262 e. The molecule has 1 aliphatic rings. The highest BCUT2D eigenvalue weighted by Gasteiger charge is 2.19. The van der Waals surface area contributed by atoms with Crippen LogP contribution >= 0.6 is 12.2 Å². The smallest absolute Gasteiger partial charge is 0.262 e. The van der Waals surface area contributed by atoms with Crippen molar-refractivity contribution in [2.24, 2.45) is 0 Å². The Kier molecular flexibility index (Phi) is 4.08. The summed E-state index contributed by atoms with van der Waals surface area (Å²) in [5, 5.41) is 0.536. The van der Waals surface area contributed by atoms with E-state index in [9.17, 15) is 9.59 Å². The largest absolute Gasteiger partial charge is 0.378 e. The molecule has 0 atom stereocenters. The van der Waals surface area contributed by atoms with E-state index in [4.69, 9.17) is 17.0 Å². The minimum Gasteiger partial charge on any atom is -0.378 e. The molecule has 6 nitrogen and oxygen atoms in total. The molecule has 0 radical (unpaired) electrons. The molecular formula is C15H17N3O3S. The van der Waals surface area contributed by atoms with Crippen LogP contribution in [0.25, 0.3) is 10.9 Å². The number of rotatable bonds is 2. The SMILES string of the molecule is CCn1c(=S)[nH]c2cc(C(=O)N3CCOCC3)ccc2c1=O. The number of hydrogen-bond acceptors (Lipinski definition) is 4. The van der Waals surface area contributed by atoms with Gasteiger partial charge in [0.2, 0.25) is 0 Å². The zero-order valence-electron chi connectivity index (χ0n) is 12.3. The Balaban J connectivity index is 2.05. The fraction of sp³-hybridized carbons (Fsp3) is 0.400. The van der Waals surface area contributed by atoms with Crippen LogP contribution in [0, 0.1) is 4.77 Å². The fourth-order valence-corrected chi connectivity index (χ4v) is 2.95. The van der Waals surface area contributed by atoms with Gasteiger partial charge < -0.3 is 14.6 Å². The molecule has 1 amide bonds. The van der Waals surface area contributed by atoms with Gasteiger partial charge in [-0.3, -0.25) is 14.2 Å². The van der Waals surface area contributed by atoms with E-state index in [1.54, 1.807) is 23.1 Å². The third-order valence-electron chi connectivity index (χ3n) is 3.84. The van der Waals surface area contributed by atoms with Crippen molar-refractivity contribution in [1.82, 2.24) is 14.5 Å². The summed E-state index contributed by atoms with van der Waals surface area (Å²) in [5.74, 6) is -0.0517. The number of nitrogens with zero attached hydrogens (tertiary/aromatic N) is 2. The maximum absolute atomic E-state index is 12.5. The van der Waals surface area contributed by atoms with E-state index in [1.165, 1.54) is 4.57 Å². The monoisotopic (exact) mass is 319 g/mol. The molecule has 2 aromatic rings. The summed E-state index contributed by atoms with van der Waals surface area (Å²) in [7, 11) is 0. The second-order valence-corrected chi connectivity index (χ2v) is 5.53. The van der Waals surface area contributed by atoms with Gasteiger partial charge in [0.05, 0.1) is 24.1 Å². The summed E-state index contributed by atoms with van der Waals surface area (Å²) in [6.45, 7) is 4.67. The topological polar surface area (TPSA) is 67.3 Å². The zero-order valence-corrected chi connectivity index (χ0v) is 13.1. The zero-order chi connectivity index (χ0) is 15.7. The number of H-pyrrole nitrogens is 1. The van der Waals surface area contributed by atoms with Crippen molar-refractivity contribution < 1.29 is 9.53 Å². The predicted octanol–water partition coefficient (Wildman–Crippen LogP) is 1.55. The number of carbonyl (C=O) groups excluding carboxylic acids is 1. The Bertz CT molecular complexity index is 834. The standard InChI is InChI=1S/C15H17N3O3S/c1-2-18-14(20)11-4-3-10(9-12(11)16-15(18)22)13(19)17-5-7-21-8-6-17/h3-4,9H,2,5-8H2,1H3,(H,16,22). The number of amides is 1. The van der Waals surface area contributed by atoms with E-state index < -0.39 is 0 Å². The van der Waals surface area contributed by atoms with Crippen LogP contribution < -0.4 is 5.56 Å². The molecular weight excluding hydrogens is 302 g/mol. The highest BCUT2D eigenvalue weighted by atomic mass is 32.1. The summed E-state index contributed by atoms with van der Waals surface area (Å²) in [6.07, 6.45) is 0. The molecule has 3 rings (SSSR count). The second-order valence-electron chi connectivity index (χ2n) is 5.14. The van der Waals surface area contributed by atoms with E-state index in [2.05, 4.69) is 4.98 Å². The molecule has 1 aromatic heterocycles. The Morgan fingerprint density at radius 3 is 2.77 bits per heavy atom. The summed E-state index contributed by atoms with van der Waals surface area (Å²) in [6, 6.07) is 5.07. The van der Waals surface area contributed by atoms with Crippen LogP contribution in [0.1, 0.15) is 17.3 Å². The minimum atomic E-state index is -0.133. The first-order valence-corrected chi connectivity index (χ1v) is 7.66. The molecule has 116 valence electrons. The van der Waals surface area contributed by atoms with Gasteiger partial charge >= 0.3 is 0 Å². The van der Waals surface area contributed by atoms with Gasteiger partial charge in [-0.25, -0.2) is 0 Å². The molecule has 1 aliphatic heterocycles. The van der Waals surface area contributed by atoms with E-state index in [0.717, 1.165) is 0 Å².